The standard InChI is InChI=1S/C19H26N2O6/c1-3-26-17-7-5-4-6-15(17)16(20-13(2)22)11-18(23)21-8-9-27-14(12-21)10-19(24)25/h4-7,14,16H,3,8-12H2,1-2H3,(H,20,22)(H,24,25)/t14-,16+/m1/s1. The Labute approximate surface area is 158 Å². The first-order valence-corrected chi connectivity index (χ1v) is 9.00. The third-order valence-corrected chi connectivity index (χ3v) is 4.24. The monoisotopic (exact) mass is 378 g/mol. The van der Waals surface area contributed by atoms with Crippen molar-refractivity contribution in [2.45, 2.75) is 38.8 Å². The second-order valence-electron chi connectivity index (χ2n) is 6.36. The topological polar surface area (TPSA) is 105 Å². The number of amides is 2. The normalized spacial score (nSPS) is 17.9. The summed E-state index contributed by atoms with van der Waals surface area (Å²) in [6, 6.07) is 6.76. The van der Waals surface area contributed by atoms with E-state index in [0.29, 0.717) is 25.5 Å². The molecule has 0 aliphatic carbocycles. The average Bonchev–Trinajstić information content (AvgIpc) is 2.61. The number of carbonyl (C=O) groups is 3. The van der Waals surface area contributed by atoms with E-state index in [-0.39, 0.29) is 31.2 Å². The molecule has 1 aliphatic heterocycles. The fourth-order valence-corrected chi connectivity index (χ4v) is 3.11. The lowest BCUT2D eigenvalue weighted by Gasteiger charge is -2.33. The van der Waals surface area contributed by atoms with Crippen LogP contribution in [0.3, 0.4) is 0 Å². The van der Waals surface area contributed by atoms with Crippen molar-refractivity contribution in [3.05, 3.63) is 29.8 Å². The smallest absolute Gasteiger partial charge is 0.306 e. The fraction of sp³-hybridized carbons (Fsp3) is 0.526. The number of para-hydroxylation sites is 1. The molecule has 27 heavy (non-hydrogen) atoms. The predicted octanol–water partition coefficient (Wildman–Crippen LogP) is 1.35. The minimum Gasteiger partial charge on any atom is -0.494 e. The highest BCUT2D eigenvalue weighted by Gasteiger charge is 2.29. The maximum absolute atomic E-state index is 12.8. The van der Waals surface area contributed by atoms with Crippen molar-refractivity contribution in [1.82, 2.24) is 10.2 Å². The maximum atomic E-state index is 12.8. The highest BCUT2D eigenvalue weighted by molar-refractivity contribution is 5.79. The van der Waals surface area contributed by atoms with E-state index in [1.807, 2.05) is 25.1 Å². The molecule has 0 aromatic heterocycles. The van der Waals surface area contributed by atoms with Crippen molar-refractivity contribution in [1.29, 1.82) is 0 Å². The first kappa shape index (κ1) is 20.7. The van der Waals surface area contributed by atoms with Gasteiger partial charge in [-0.1, -0.05) is 18.2 Å². The van der Waals surface area contributed by atoms with Crippen LogP contribution in [0.15, 0.2) is 24.3 Å². The predicted molar refractivity (Wildman–Crippen MR) is 97.4 cm³/mol. The average molecular weight is 378 g/mol. The minimum absolute atomic E-state index is 0.0590. The molecule has 8 nitrogen and oxygen atoms in total. The van der Waals surface area contributed by atoms with Crippen LogP contribution in [-0.4, -0.2) is 60.2 Å². The zero-order valence-electron chi connectivity index (χ0n) is 15.6. The molecule has 1 saturated heterocycles. The number of hydrogen-bond acceptors (Lipinski definition) is 5. The third-order valence-electron chi connectivity index (χ3n) is 4.24. The summed E-state index contributed by atoms with van der Waals surface area (Å²) < 4.78 is 11.0. The van der Waals surface area contributed by atoms with Gasteiger partial charge in [0.2, 0.25) is 11.8 Å². The van der Waals surface area contributed by atoms with Crippen LogP contribution in [0.4, 0.5) is 0 Å². The number of carboxylic acids is 1. The summed E-state index contributed by atoms with van der Waals surface area (Å²) in [7, 11) is 0. The Morgan fingerprint density at radius 2 is 2.11 bits per heavy atom. The number of rotatable bonds is 8. The SMILES string of the molecule is CCOc1ccccc1[C@H](CC(=O)N1CCO[C@H](CC(=O)O)C1)NC(C)=O. The number of ether oxygens (including phenoxy) is 2. The number of carbonyl (C=O) groups excluding carboxylic acids is 2. The van der Waals surface area contributed by atoms with Crippen molar-refractivity contribution in [2.24, 2.45) is 0 Å². The lowest BCUT2D eigenvalue weighted by Crippen LogP contribution is -2.47. The van der Waals surface area contributed by atoms with Crippen LogP contribution in [0.5, 0.6) is 5.75 Å². The largest absolute Gasteiger partial charge is 0.494 e. The van der Waals surface area contributed by atoms with Crippen molar-refractivity contribution in [3.8, 4) is 5.75 Å². The molecule has 8 heteroatoms. The fourth-order valence-electron chi connectivity index (χ4n) is 3.11. The number of benzene rings is 1. The Morgan fingerprint density at radius 1 is 1.37 bits per heavy atom. The van der Waals surface area contributed by atoms with Gasteiger partial charge in [0.05, 0.1) is 38.2 Å². The Bertz CT molecular complexity index is 678. The summed E-state index contributed by atoms with van der Waals surface area (Å²) in [5.41, 5.74) is 0.734. The quantitative estimate of drug-likeness (QED) is 0.708. The Kier molecular flexibility index (Phi) is 7.60. The van der Waals surface area contributed by atoms with Gasteiger partial charge in [-0.2, -0.15) is 0 Å². The number of nitrogens with zero attached hydrogens (tertiary/aromatic N) is 1. The molecule has 2 rings (SSSR count). The molecule has 0 saturated carbocycles. The van der Waals surface area contributed by atoms with Crippen LogP contribution in [0.1, 0.15) is 38.3 Å². The van der Waals surface area contributed by atoms with Crippen LogP contribution >= 0.6 is 0 Å². The lowest BCUT2D eigenvalue weighted by molar-refractivity contribution is -0.148. The molecular formula is C19H26N2O6. The van der Waals surface area contributed by atoms with Crippen molar-refractivity contribution >= 4 is 17.8 Å². The molecule has 1 heterocycles. The summed E-state index contributed by atoms with van der Waals surface area (Å²) in [5, 5.41) is 11.7. The summed E-state index contributed by atoms with van der Waals surface area (Å²) in [4.78, 5) is 36.9. The van der Waals surface area contributed by atoms with Gasteiger partial charge in [0.25, 0.3) is 0 Å². The van der Waals surface area contributed by atoms with Crippen molar-refractivity contribution in [3.63, 3.8) is 0 Å². The van der Waals surface area contributed by atoms with E-state index < -0.39 is 18.1 Å². The number of carboxylic acid groups (broad SMARTS) is 1. The molecular weight excluding hydrogens is 352 g/mol. The van der Waals surface area contributed by atoms with Crippen molar-refractivity contribution in [2.75, 3.05) is 26.3 Å². The van der Waals surface area contributed by atoms with Crippen LogP contribution < -0.4 is 10.1 Å². The van der Waals surface area contributed by atoms with Gasteiger partial charge in [-0.25, -0.2) is 0 Å². The molecule has 1 aromatic carbocycles. The maximum Gasteiger partial charge on any atom is 0.306 e. The van der Waals surface area contributed by atoms with Crippen LogP contribution in [-0.2, 0) is 19.1 Å². The minimum atomic E-state index is -0.962. The highest BCUT2D eigenvalue weighted by atomic mass is 16.5. The van der Waals surface area contributed by atoms with Gasteiger partial charge in [0, 0.05) is 25.6 Å². The van der Waals surface area contributed by atoms with Gasteiger partial charge in [0.1, 0.15) is 5.75 Å². The molecule has 2 atom stereocenters. The van der Waals surface area contributed by atoms with E-state index in [9.17, 15) is 14.4 Å². The van der Waals surface area contributed by atoms with Gasteiger partial charge in [-0.05, 0) is 13.0 Å². The van der Waals surface area contributed by atoms with Gasteiger partial charge in [-0.15, -0.1) is 0 Å². The van der Waals surface area contributed by atoms with E-state index in [0.717, 1.165) is 5.56 Å². The van der Waals surface area contributed by atoms with E-state index in [2.05, 4.69) is 5.32 Å². The van der Waals surface area contributed by atoms with E-state index in [4.69, 9.17) is 14.6 Å². The van der Waals surface area contributed by atoms with Gasteiger partial charge >= 0.3 is 5.97 Å². The molecule has 0 radical (unpaired) electrons. The molecule has 0 bridgehead atoms. The Hall–Kier alpha value is -2.61. The summed E-state index contributed by atoms with van der Waals surface area (Å²) >= 11 is 0. The van der Waals surface area contributed by atoms with Crippen LogP contribution in [0.25, 0.3) is 0 Å². The van der Waals surface area contributed by atoms with E-state index in [1.54, 1.807) is 11.0 Å². The van der Waals surface area contributed by atoms with Gasteiger partial charge in [0.15, 0.2) is 0 Å². The first-order chi connectivity index (χ1) is 12.9. The lowest BCUT2D eigenvalue weighted by atomic mass is 10.0. The van der Waals surface area contributed by atoms with E-state index >= 15 is 0 Å². The van der Waals surface area contributed by atoms with Gasteiger partial charge in [-0.3, -0.25) is 14.4 Å². The molecule has 2 N–H and O–H groups in total. The van der Waals surface area contributed by atoms with E-state index in [1.165, 1.54) is 6.92 Å². The molecule has 148 valence electrons. The highest BCUT2D eigenvalue weighted by Crippen LogP contribution is 2.28. The number of hydrogen-bond donors (Lipinski definition) is 2. The second kappa shape index (κ2) is 9.91. The zero-order chi connectivity index (χ0) is 19.8. The van der Waals surface area contributed by atoms with Gasteiger partial charge < -0.3 is 24.8 Å². The molecule has 1 fully saturated rings. The molecule has 1 aliphatic rings. The number of morpholine rings is 1. The molecule has 1 aromatic rings. The third kappa shape index (κ3) is 6.25. The second-order valence-corrected chi connectivity index (χ2v) is 6.36. The molecule has 0 spiro atoms. The van der Waals surface area contributed by atoms with Crippen LogP contribution in [0, 0.1) is 0 Å². The summed E-state index contributed by atoms with van der Waals surface area (Å²) in [6.07, 6.45) is -0.606. The first-order valence-electron chi connectivity index (χ1n) is 9.00. The summed E-state index contributed by atoms with van der Waals surface area (Å²) in [6.45, 7) is 4.66. The van der Waals surface area contributed by atoms with Crippen LogP contribution in [0.2, 0.25) is 0 Å². The zero-order valence-corrected chi connectivity index (χ0v) is 15.6. The Morgan fingerprint density at radius 3 is 2.78 bits per heavy atom. The molecule has 2 amide bonds. The Balaban J connectivity index is 2.12. The number of aliphatic carboxylic acids is 1. The number of nitrogens with one attached hydrogen (secondary N) is 1. The summed E-state index contributed by atoms with van der Waals surface area (Å²) in [5.74, 6) is -0.753. The molecule has 0 unspecified atom stereocenters. The van der Waals surface area contributed by atoms with Crippen molar-refractivity contribution < 1.29 is 29.0 Å².